The van der Waals surface area contributed by atoms with Crippen LogP contribution in [0.3, 0.4) is 0 Å². The molecule has 0 saturated carbocycles. The molecule has 102 valence electrons. The van der Waals surface area contributed by atoms with Crippen LogP contribution in [0.15, 0.2) is 0 Å². The maximum absolute atomic E-state index is 10.2. The van der Waals surface area contributed by atoms with Gasteiger partial charge in [0.2, 0.25) is 0 Å². The zero-order valence-corrected chi connectivity index (χ0v) is 13.2. The number of aromatic nitrogens is 1. The average molecular weight is 286 g/mol. The molecule has 3 nitrogen and oxygen atoms in total. The van der Waals surface area contributed by atoms with Crippen molar-refractivity contribution < 1.29 is 5.11 Å². The molecular weight excluding hydrogens is 264 g/mol. The van der Waals surface area contributed by atoms with Gasteiger partial charge in [-0.05, 0) is 24.5 Å². The SMILES string of the molecule is CSCCN(C)c1nc2c(s1)C(O)CC(C)(C)C2. The van der Waals surface area contributed by atoms with E-state index in [-0.39, 0.29) is 11.5 Å². The lowest BCUT2D eigenvalue weighted by Crippen LogP contribution is -2.24. The molecule has 1 unspecified atom stereocenters. The molecule has 1 aromatic rings. The minimum absolute atomic E-state index is 0.162. The van der Waals surface area contributed by atoms with Gasteiger partial charge in [0.05, 0.1) is 16.7 Å². The van der Waals surface area contributed by atoms with Crippen LogP contribution in [0.1, 0.15) is 36.9 Å². The van der Waals surface area contributed by atoms with Crippen molar-refractivity contribution in [2.45, 2.75) is 32.8 Å². The van der Waals surface area contributed by atoms with E-state index in [1.54, 1.807) is 11.3 Å². The predicted octanol–water partition coefficient (Wildman–Crippen LogP) is 2.95. The Bertz CT molecular complexity index is 417. The molecule has 0 radical (unpaired) electrons. The standard InChI is InChI=1S/C13H22N2OS2/c1-13(2)7-9-11(10(16)8-13)18-12(14-9)15(3)5-6-17-4/h10,16H,5-8H2,1-4H3. The van der Waals surface area contributed by atoms with E-state index in [4.69, 9.17) is 4.98 Å². The first kappa shape index (κ1) is 14.2. The second-order valence-electron chi connectivity index (χ2n) is 5.78. The molecule has 1 aliphatic rings. The van der Waals surface area contributed by atoms with Crippen LogP contribution in [0.5, 0.6) is 0 Å². The Labute approximate surface area is 118 Å². The molecule has 18 heavy (non-hydrogen) atoms. The zero-order valence-electron chi connectivity index (χ0n) is 11.6. The number of hydrogen-bond acceptors (Lipinski definition) is 5. The van der Waals surface area contributed by atoms with E-state index in [0.29, 0.717) is 0 Å². The number of thioether (sulfide) groups is 1. The van der Waals surface area contributed by atoms with E-state index < -0.39 is 0 Å². The van der Waals surface area contributed by atoms with Crippen LogP contribution in [-0.4, -0.2) is 35.7 Å². The number of fused-ring (bicyclic) bond motifs is 1. The number of nitrogens with zero attached hydrogens (tertiary/aromatic N) is 2. The maximum Gasteiger partial charge on any atom is 0.185 e. The van der Waals surface area contributed by atoms with Gasteiger partial charge in [-0.2, -0.15) is 11.8 Å². The van der Waals surface area contributed by atoms with Crippen LogP contribution in [0, 0.1) is 5.41 Å². The molecule has 1 N–H and O–H groups in total. The quantitative estimate of drug-likeness (QED) is 0.923. The Morgan fingerprint density at radius 2 is 2.28 bits per heavy atom. The molecule has 0 bridgehead atoms. The van der Waals surface area contributed by atoms with Crippen LogP contribution in [-0.2, 0) is 6.42 Å². The zero-order chi connectivity index (χ0) is 13.3. The van der Waals surface area contributed by atoms with Gasteiger partial charge in [-0.15, -0.1) is 0 Å². The summed E-state index contributed by atoms with van der Waals surface area (Å²) in [6.07, 6.45) is 3.61. The van der Waals surface area contributed by atoms with Gasteiger partial charge >= 0.3 is 0 Å². The van der Waals surface area contributed by atoms with Crippen molar-refractivity contribution in [1.29, 1.82) is 0 Å². The monoisotopic (exact) mass is 286 g/mol. The molecule has 1 aliphatic carbocycles. The van der Waals surface area contributed by atoms with Crippen LogP contribution in [0.2, 0.25) is 0 Å². The maximum atomic E-state index is 10.2. The molecule has 2 rings (SSSR count). The fraction of sp³-hybridized carbons (Fsp3) is 0.769. The summed E-state index contributed by atoms with van der Waals surface area (Å²) in [7, 11) is 2.08. The minimum atomic E-state index is -0.330. The summed E-state index contributed by atoms with van der Waals surface area (Å²) in [5.74, 6) is 1.11. The highest BCUT2D eigenvalue weighted by Gasteiger charge is 2.34. The van der Waals surface area contributed by atoms with Crippen molar-refractivity contribution in [1.82, 2.24) is 4.98 Å². The van der Waals surface area contributed by atoms with E-state index in [1.807, 2.05) is 11.8 Å². The second kappa shape index (κ2) is 5.39. The van der Waals surface area contributed by atoms with Crippen molar-refractivity contribution in [3.05, 3.63) is 10.6 Å². The lowest BCUT2D eigenvalue weighted by molar-refractivity contribution is 0.102. The second-order valence-corrected chi connectivity index (χ2v) is 7.78. The first-order chi connectivity index (χ1) is 8.43. The minimum Gasteiger partial charge on any atom is -0.387 e. The molecule has 0 amide bonds. The van der Waals surface area contributed by atoms with Crippen LogP contribution >= 0.6 is 23.1 Å². The molecule has 5 heteroatoms. The summed E-state index contributed by atoms with van der Waals surface area (Å²) in [5.41, 5.74) is 1.27. The highest BCUT2D eigenvalue weighted by molar-refractivity contribution is 7.98. The number of anilines is 1. The van der Waals surface area contributed by atoms with E-state index in [9.17, 15) is 5.11 Å². The summed E-state index contributed by atoms with van der Waals surface area (Å²) in [6.45, 7) is 5.41. The fourth-order valence-corrected chi connectivity index (χ4v) is 3.88. The number of thiazole rings is 1. The first-order valence-corrected chi connectivity index (χ1v) is 8.52. The van der Waals surface area contributed by atoms with Gasteiger partial charge in [0.25, 0.3) is 0 Å². The summed E-state index contributed by atoms with van der Waals surface area (Å²) >= 11 is 3.50. The Kier molecular flexibility index (Phi) is 4.24. The molecule has 1 aromatic heterocycles. The van der Waals surface area contributed by atoms with Gasteiger partial charge < -0.3 is 10.0 Å². The number of hydrogen-bond donors (Lipinski definition) is 1. The molecule has 0 saturated heterocycles. The third-order valence-corrected chi connectivity index (χ3v) is 5.27. The van der Waals surface area contributed by atoms with E-state index in [0.717, 1.165) is 40.8 Å². The molecular formula is C13H22N2OS2. The summed E-state index contributed by atoms with van der Waals surface area (Å²) in [6, 6.07) is 0. The van der Waals surface area contributed by atoms with Gasteiger partial charge in [0, 0.05) is 19.3 Å². The van der Waals surface area contributed by atoms with Crippen molar-refractivity contribution >= 4 is 28.2 Å². The van der Waals surface area contributed by atoms with Crippen molar-refractivity contribution in [3.63, 3.8) is 0 Å². The lowest BCUT2D eigenvalue weighted by atomic mass is 9.77. The van der Waals surface area contributed by atoms with Gasteiger partial charge in [0.15, 0.2) is 5.13 Å². The Morgan fingerprint density at radius 1 is 1.56 bits per heavy atom. The van der Waals surface area contributed by atoms with Crippen molar-refractivity contribution in [2.24, 2.45) is 5.41 Å². The normalized spacial score (nSPS) is 21.7. The highest BCUT2D eigenvalue weighted by Crippen LogP contribution is 2.44. The first-order valence-electron chi connectivity index (χ1n) is 6.31. The molecule has 0 aromatic carbocycles. The number of aliphatic hydroxyl groups excluding tert-OH is 1. The third kappa shape index (κ3) is 3.00. The number of rotatable bonds is 4. The van der Waals surface area contributed by atoms with Crippen molar-refractivity contribution in [3.8, 4) is 0 Å². The molecule has 1 heterocycles. The van der Waals surface area contributed by atoms with E-state index >= 15 is 0 Å². The predicted molar refractivity (Wildman–Crippen MR) is 80.8 cm³/mol. The van der Waals surface area contributed by atoms with E-state index in [1.165, 1.54) is 0 Å². The van der Waals surface area contributed by atoms with Crippen molar-refractivity contribution in [2.75, 3.05) is 30.5 Å². The topological polar surface area (TPSA) is 36.4 Å². The van der Waals surface area contributed by atoms with Gasteiger partial charge in [0.1, 0.15) is 0 Å². The lowest BCUT2D eigenvalue weighted by Gasteiger charge is -2.31. The molecule has 0 fully saturated rings. The Hall–Kier alpha value is -0.260. The average Bonchev–Trinajstić information content (AvgIpc) is 2.68. The molecule has 0 aliphatic heterocycles. The van der Waals surface area contributed by atoms with Gasteiger partial charge in [-0.25, -0.2) is 4.98 Å². The largest absolute Gasteiger partial charge is 0.387 e. The molecule has 0 spiro atoms. The fourth-order valence-electron chi connectivity index (χ4n) is 2.37. The van der Waals surface area contributed by atoms with Crippen LogP contribution in [0.4, 0.5) is 5.13 Å². The molecule has 1 atom stereocenters. The van der Waals surface area contributed by atoms with Crippen LogP contribution in [0.25, 0.3) is 0 Å². The Balaban J connectivity index is 2.18. The Morgan fingerprint density at radius 3 is 2.94 bits per heavy atom. The van der Waals surface area contributed by atoms with Gasteiger partial charge in [-0.3, -0.25) is 0 Å². The van der Waals surface area contributed by atoms with Crippen LogP contribution < -0.4 is 4.90 Å². The van der Waals surface area contributed by atoms with E-state index in [2.05, 4.69) is 32.1 Å². The summed E-state index contributed by atoms with van der Waals surface area (Å²) in [5, 5.41) is 11.3. The highest BCUT2D eigenvalue weighted by atomic mass is 32.2. The smallest absolute Gasteiger partial charge is 0.185 e. The number of aliphatic hydroxyl groups is 1. The summed E-state index contributed by atoms with van der Waals surface area (Å²) < 4.78 is 0. The third-order valence-electron chi connectivity index (χ3n) is 3.37. The van der Waals surface area contributed by atoms with Gasteiger partial charge in [-0.1, -0.05) is 25.2 Å². The summed E-state index contributed by atoms with van der Waals surface area (Å²) in [4.78, 5) is 8.00.